The number of hydrogen-bond acceptors (Lipinski definition) is 5. The number of aldehydes is 1. The maximum atomic E-state index is 13.4. The van der Waals surface area contributed by atoms with Gasteiger partial charge < -0.3 is 10.1 Å². The average Bonchev–Trinajstić information content (AvgIpc) is 3.55. The number of carbonyl (C=O) groups is 3. The number of halogens is 2. The third kappa shape index (κ3) is 4.78. The van der Waals surface area contributed by atoms with Gasteiger partial charge in [-0.3, -0.25) is 14.3 Å². The summed E-state index contributed by atoms with van der Waals surface area (Å²) >= 11 is 0. The molecule has 29 heavy (non-hydrogen) atoms. The standard InChI is InChI=1S/C19H30F2N2O5S/c1-5-12(3)13(8-11(2)10-24)16(25)22-19(9-14(19)15(20)21)17(26)23-29(27,28)18(4)6-7-18/h10-15H,5-9H2,1-4H3,(H,22,25)(H,23,26). The number of rotatable bonds is 11. The van der Waals surface area contributed by atoms with Crippen LogP contribution in [-0.4, -0.2) is 43.2 Å². The second-order valence-corrected chi connectivity index (χ2v) is 11.0. The molecule has 166 valence electrons. The highest BCUT2D eigenvalue weighted by atomic mass is 32.2. The Kier molecular flexibility index (Phi) is 6.76. The molecule has 2 aliphatic carbocycles. The topological polar surface area (TPSA) is 109 Å². The van der Waals surface area contributed by atoms with Crippen LogP contribution in [0.3, 0.4) is 0 Å². The molecule has 0 heterocycles. The lowest BCUT2D eigenvalue weighted by molar-refractivity contribution is -0.133. The van der Waals surface area contributed by atoms with Crippen molar-refractivity contribution in [2.24, 2.45) is 23.7 Å². The predicted molar refractivity (Wildman–Crippen MR) is 102 cm³/mol. The molecule has 2 amide bonds. The Hall–Kier alpha value is -1.58. The van der Waals surface area contributed by atoms with Crippen molar-refractivity contribution >= 4 is 28.1 Å². The van der Waals surface area contributed by atoms with E-state index in [1.54, 1.807) is 6.92 Å². The lowest BCUT2D eigenvalue weighted by atomic mass is 9.84. The summed E-state index contributed by atoms with van der Waals surface area (Å²) < 4.78 is 52.3. The molecule has 2 fully saturated rings. The largest absolute Gasteiger partial charge is 0.341 e. The van der Waals surface area contributed by atoms with Crippen LogP contribution in [0.15, 0.2) is 0 Å². The Labute approximate surface area is 170 Å². The molecule has 0 aromatic carbocycles. The van der Waals surface area contributed by atoms with E-state index in [2.05, 4.69) is 5.32 Å². The van der Waals surface area contributed by atoms with Gasteiger partial charge in [0.25, 0.3) is 5.91 Å². The fourth-order valence-electron chi connectivity index (χ4n) is 3.49. The molecule has 0 saturated heterocycles. The zero-order valence-corrected chi connectivity index (χ0v) is 18.0. The molecule has 2 aliphatic rings. The summed E-state index contributed by atoms with van der Waals surface area (Å²) in [6, 6.07) is 0. The van der Waals surface area contributed by atoms with E-state index in [4.69, 9.17) is 0 Å². The number of hydrogen-bond donors (Lipinski definition) is 2. The number of sulfonamides is 1. The monoisotopic (exact) mass is 436 g/mol. The first-order valence-corrected chi connectivity index (χ1v) is 11.4. The quantitative estimate of drug-likeness (QED) is 0.482. The Bertz CT molecular complexity index is 769. The zero-order chi connectivity index (χ0) is 22.2. The summed E-state index contributed by atoms with van der Waals surface area (Å²) in [6.07, 6.45) is -0.889. The van der Waals surface area contributed by atoms with Gasteiger partial charge in [0.2, 0.25) is 22.4 Å². The lowest BCUT2D eigenvalue weighted by Crippen LogP contribution is -2.55. The Morgan fingerprint density at radius 2 is 1.83 bits per heavy atom. The SMILES string of the molecule is CCC(C)C(CC(C)C=O)C(=O)NC1(C(=O)NS(=O)(=O)C2(C)CC2)CC1C(F)F. The molecule has 0 spiro atoms. The van der Waals surface area contributed by atoms with Crippen LogP contribution in [0, 0.1) is 23.7 Å². The molecular weight excluding hydrogens is 406 g/mol. The fourth-order valence-corrected chi connectivity index (χ4v) is 4.80. The highest BCUT2D eigenvalue weighted by molar-refractivity contribution is 7.91. The molecule has 10 heteroatoms. The zero-order valence-electron chi connectivity index (χ0n) is 17.2. The maximum Gasteiger partial charge on any atom is 0.259 e. The first kappa shape index (κ1) is 23.7. The van der Waals surface area contributed by atoms with E-state index in [1.807, 2.05) is 18.6 Å². The number of nitrogens with one attached hydrogen (secondary N) is 2. The molecule has 2 rings (SSSR count). The lowest BCUT2D eigenvalue weighted by Gasteiger charge is -2.27. The second-order valence-electron chi connectivity index (χ2n) is 8.83. The van der Waals surface area contributed by atoms with E-state index in [-0.39, 0.29) is 18.8 Å². The van der Waals surface area contributed by atoms with Crippen molar-refractivity contribution in [3.8, 4) is 0 Å². The van der Waals surface area contributed by atoms with Gasteiger partial charge >= 0.3 is 0 Å². The minimum Gasteiger partial charge on any atom is -0.341 e. The van der Waals surface area contributed by atoms with E-state index in [1.165, 1.54) is 6.92 Å². The van der Waals surface area contributed by atoms with Gasteiger partial charge in [-0.15, -0.1) is 0 Å². The van der Waals surface area contributed by atoms with Gasteiger partial charge in [-0.1, -0.05) is 27.2 Å². The fraction of sp³-hybridized carbons (Fsp3) is 0.842. The molecule has 2 saturated carbocycles. The van der Waals surface area contributed by atoms with Crippen molar-refractivity contribution in [2.75, 3.05) is 0 Å². The van der Waals surface area contributed by atoms with E-state index in [0.717, 1.165) is 0 Å². The van der Waals surface area contributed by atoms with Gasteiger partial charge in [-0.25, -0.2) is 17.2 Å². The van der Waals surface area contributed by atoms with Gasteiger partial charge in [-0.2, -0.15) is 0 Å². The third-order valence-electron chi connectivity index (χ3n) is 6.43. The molecular formula is C19H30F2N2O5S. The molecule has 2 N–H and O–H groups in total. The molecule has 5 unspecified atom stereocenters. The van der Waals surface area contributed by atoms with E-state index in [0.29, 0.717) is 25.5 Å². The van der Waals surface area contributed by atoms with Crippen molar-refractivity contribution in [1.29, 1.82) is 0 Å². The normalized spacial score (nSPS) is 28.2. The van der Waals surface area contributed by atoms with Crippen LogP contribution in [0.5, 0.6) is 0 Å². The molecule has 0 bridgehead atoms. The Balaban J connectivity index is 2.22. The van der Waals surface area contributed by atoms with Crippen LogP contribution in [0.25, 0.3) is 0 Å². The first-order valence-electron chi connectivity index (χ1n) is 9.95. The minimum absolute atomic E-state index is 0.143. The summed E-state index contributed by atoms with van der Waals surface area (Å²) in [4.78, 5) is 36.6. The van der Waals surface area contributed by atoms with Crippen LogP contribution in [-0.2, 0) is 24.4 Å². The highest BCUT2D eigenvalue weighted by Gasteiger charge is 2.67. The molecule has 7 nitrogen and oxygen atoms in total. The van der Waals surface area contributed by atoms with Crippen LogP contribution in [0.1, 0.15) is 59.8 Å². The van der Waals surface area contributed by atoms with Gasteiger partial charge in [0.1, 0.15) is 11.8 Å². The molecule has 0 aliphatic heterocycles. The van der Waals surface area contributed by atoms with Gasteiger partial charge in [0.05, 0.1) is 10.7 Å². The first-order chi connectivity index (χ1) is 13.3. The van der Waals surface area contributed by atoms with Gasteiger partial charge in [0.15, 0.2) is 0 Å². The van der Waals surface area contributed by atoms with E-state index in [9.17, 15) is 31.6 Å². The summed E-state index contributed by atoms with van der Waals surface area (Å²) in [5.74, 6) is -4.38. The summed E-state index contributed by atoms with van der Waals surface area (Å²) in [5.41, 5.74) is -1.94. The smallest absolute Gasteiger partial charge is 0.259 e. The molecule has 0 radical (unpaired) electrons. The average molecular weight is 437 g/mol. The van der Waals surface area contributed by atoms with E-state index < -0.39 is 56.3 Å². The molecule has 0 aromatic rings. The highest BCUT2D eigenvalue weighted by Crippen LogP contribution is 2.49. The Morgan fingerprint density at radius 1 is 1.24 bits per heavy atom. The van der Waals surface area contributed by atoms with Crippen LogP contribution >= 0.6 is 0 Å². The van der Waals surface area contributed by atoms with Crippen molar-refractivity contribution in [2.45, 2.75) is 76.5 Å². The van der Waals surface area contributed by atoms with Crippen molar-refractivity contribution < 1.29 is 31.6 Å². The van der Waals surface area contributed by atoms with Crippen molar-refractivity contribution in [1.82, 2.24) is 10.0 Å². The van der Waals surface area contributed by atoms with Gasteiger partial charge in [0, 0.05) is 11.8 Å². The third-order valence-corrected chi connectivity index (χ3v) is 8.59. The minimum atomic E-state index is -4.02. The number of alkyl halides is 2. The van der Waals surface area contributed by atoms with Crippen LogP contribution in [0.4, 0.5) is 8.78 Å². The van der Waals surface area contributed by atoms with Crippen molar-refractivity contribution in [3.05, 3.63) is 0 Å². The molecule has 5 atom stereocenters. The number of amides is 2. The van der Waals surface area contributed by atoms with Gasteiger partial charge in [-0.05, 0) is 38.5 Å². The van der Waals surface area contributed by atoms with Crippen LogP contribution < -0.4 is 10.0 Å². The maximum absolute atomic E-state index is 13.4. The van der Waals surface area contributed by atoms with E-state index >= 15 is 0 Å². The number of carbonyl (C=O) groups excluding carboxylic acids is 3. The van der Waals surface area contributed by atoms with Crippen LogP contribution in [0.2, 0.25) is 0 Å². The Morgan fingerprint density at radius 3 is 2.24 bits per heavy atom. The molecule has 0 aromatic heterocycles. The summed E-state index contributed by atoms with van der Waals surface area (Å²) in [5, 5.41) is 2.43. The van der Waals surface area contributed by atoms with Crippen molar-refractivity contribution in [3.63, 3.8) is 0 Å². The summed E-state index contributed by atoms with van der Waals surface area (Å²) in [7, 11) is -4.02. The summed E-state index contributed by atoms with van der Waals surface area (Å²) in [6.45, 7) is 6.80. The predicted octanol–water partition coefficient (Wildman–Crippen LogP) is 2.01. The second kappa shape index (κ2) is 8.28.